The lowest BCUT2D eigenvalue weighted by atomic mass is 10.3. The molecule has 0 aliphatic heterocycles. The second-order valence-electron chi connectivity index (χ2n) is 2.61. The summed E-state index contributed by atoms with van der Waals surface area (Å²) < 4.78 is 39.8. The lowest BCUT2D eigenvalue weighted by Gasteiger charge is -2.23. The van der Waals surface area contributed by atoms with Crippen LogP contribution in [-0.2, 0) is 14.3 Å². The number of ether oxygens (including phenoxy) is 1. The summed E-state index contributed by atoms with van der Waals surface area (Å²) in [6.45, 7) is 1.15. The Morgan fingerprint density at radius 3 is 2.07 bits per heavy atom. The molecule has 0 fully saturated rings. The molecule has 0 spiro atoms. The molecule has 82 valence electrons. The summed E-state index contributed by atoms with van der Waals surface area (Å²) in [5, 5.41) is 0. The Bertz CT molecular complexity index is 239. The van der Waals surface area contributed by atoms with Crippen molar-refractivity contribution in [3.8, 4) is 0 Å². The molecule has 0 N–H and O–H groups in total. The maximum absolute atomic E-state index is 11.9. The largest absolute Gasteiger partial charge is 0.471 e. The fraction of sp³-hybridized carbons (Fsp3) is 0.714. The first kappa shape index (κ1) is 12.7. The zero-order valence-corrected chi connectivity index (χ0v) is 7.88. The number of methoxy groups -OCH3 is 1. The molecule has 0 aromatic rings. The number of alkyl halides is 3. The number of nitrogens with zero attached hydrogens (tertiary/aromatic N) is 1. The molecule has 1 atom stereocenters. The molecular weight excluding hydrogens is 203 g/mol. The second-order valence-corrected chi connectivity index (χ2v) is 2.61. The smallest absolute Gasteiger partial charge is 0.467 e. The van der Waals surface area contributed by atoms with Crippen LogP contribution in [0.5, 0.6) is 0 Å². The van der Waals surface area contributed by atoms with E-state index in [4.69, 9.17) is 0 Å². The third-order valence-electron chi connectivity index (χ3n) is 1.69. The predicted octanol–water partition coefficient (Wildman–Crippen LogP) is 0.569. The molecule has 0 aliphatic rings. The summed E-state index contributed by atoms with van der Waals surface area (Å²) in [4.78, 5) is 21.7. The van der Waals surface area contributed by atoms with E-state index in [0.717, 1.165) is 21.1 Å². The van der Waals surface area contributed by atoms with Crippen LogP contribution in [0.15, 0.2) is 0 Å². The molecule has 1 amide bonds. The Labute approximate surface area is 78.6 Å². The van der Waals surface area contributed by atoms with Gasteiger partial charge in [-0.3, -0.25) is 4.79 Å². The minimum atomic E-state index is -4.98. The highest BCUT2D eigenvalue weighted by molar-refractivity contribution is 5.87. The number of carbonyl (C=O) groups excluding carboxylic acids is 2. The van der Waals surface area contributed by atoms with Gasteiger partial charge in [-0.1, -0.05) is 0 Å². The molecule has 0 aliphatic carbocycles. The summed E-state index contributed by atoms with van der Waals surface area (Å²) in [6, 6.07) is -1.26. The molecule has 7 heteroatoms. The van der Waals surface area contributed by atoms with Gasteiger partial charge in [0.25, 0.3) is 0 Å². The zero-order valence-electron chi connectivity index (χ0n) is 7.88. The van der Waals surface area contributed by atoms with E-state index >= 15 is 0 Å². The normalized spacial score (nSPS) is 13.3. The first-order valence-electron chi connectivity index (χ1n) is 3.63. The van der Waals surface area contributed by atoms with E-state index in [1.54, 1.807) is 0 Å². The van der Waals surface area contributed by atoms with Gasteiger partial charge in [-0.25, -0.2) is 4.79 Å². The predicted molar refractivity (Wildman–Crippen MR) is 40.3 cm³/mol. The van der Waals surface area contributed by atoms with Crippen molar-refractivity contribution < 1.29 is 27.5 Å². The molecule has 0 saturated heterocycles. The number of likely N-dealkylation sites (N-methyl/N-ethyl adjacent to an activating group) is 1. The van der Waals surface area contributed by atoms with E-state index in [1.165, 1.54) is 0 Å². The van der Waals surface area contributed by atoms with Crippen molar-refractivity contribution in [3.63, 3.8) is 0 Å². The van der Waals surface area contributed by atoms with Crippen molar-refractivity contribution in [1.82, 2.24) is 4.90 Å². The molecule has 0 aromatic carbocycles. The molecule has 0 heterocycles. The van der Waals surface area contributed by atoms with Crippen molar-refractivity contribution in [2.24, 2.45) is 0 Å². The maximum Gasteiger partial charge on any atom is 0.471 e. The first-order chi connectivity index (χ1) is 6.21. The van der Waals surface area contributed by atoms with E-state index in [1.807, 2.05) is 0 Å². The third kappa shape index (κ3) is 2.90. The molecular formula is C7H10F3NO3. The van der Waals surface area contributed by atoms with Gasteiger partial charge in [0.05, 0.1) is 7.11 Å². The molecule has 0 aromatic heterocycles. The summed E-state index contributed by atoms with van der Waals surface area (Å²) >= 11 is 0. The van der Waals surface area contributed by atoms with Crippen molar-refractivity contribution in [3.05, 3.63) is 0 Å². The van der Waals surface area contributed by atoms with E-state index < -0.39 is 24.1 Å². The van der Waals surface area contributed by atoms with Crippen LogP contribution in [0.1, 0.15) is 6.92 Å². The Balaban J connectivity index is 4.55. The fourth-order valence-corrected chi connectivity index (χ4v) is 0.705. The molecule has 0 radical (unpaired) electrons. The number of hydrogen-bond donors (Lipinski definition) is 0. The van der Waals surface area contributed by atoms with E-state index in [-0.39, 0.29) is 4.90 Å². The quantitative estimate of drug-likeness (QED) is 0.630. The minimum Gasteiger partial charge on any atom is -0.467 e. The number of hydrogen-bond acceptors (Lipinski definition) is 3. The van der Waals surface area contributed by atoms with Gasteiger partial charge in [0, 0.05) is 7.05 Å². The molecule has 0 bridgehead atoms. The Morgan fingerprint density at radius 2 is 1.79 bits per heavy atom. The number of carbonyl (C=O) groups is 2. The van der Waals surface area contributed by atoms with Gasteiger partial charge in [0.15, 0.2) is 0 Å². The summed E-state index contributed by atoms with van der Waals surface area (Å²) in [5.74, 6) is -2.97. The highest BCUT2D eigenvalue weighted by Gasteiger charge is 2.43. The van der Waals surface area contributed by atoms with Gasteiger partial charge in [-0.05, 0) is 6.92 Å². The second kappa shape index (κ2) is 4.30. The Hall–Kier alpha value is -1.27. The lowest BCUT2D eigenvalue weighted by molar-refractivity contribution is -0.187. The molecule has 0 saturated carbocycles. The van der Waals surface area contributed by atoms with E-state index in [2.05, 4.69) is 4.74 Å². The third-order valence-corrected chi connectivity index (χ3v) is 1.69. The van der Waals surface area contributed by atoms with Crippen molar-refractivity contribution in [1.29, 1.82) is 0 Å². The Morgan fingerprint density at radius 1 is 1.36 bits per heavy atom. The highest BCUT2D eigenvalue weighted by Crippen LogP contribution is 2.18. The summed E-state index contributed by atoms with van der Waals surface area (Å²) in [7, 11) is 1.92. The average molecular weight is 213 g/mol. The molecule has 0 rings (SSSR count). The van der Waals surface area contributed by atoms with Crippen LogP contribution in [-0.4, -0.2) is 43.2 Å². The van der Waals surface area contributed by atoms with Crippen LogP contribution in [0.25, 0.3) is 0 Å². The highest BCUT2D eigenvalue weighted by atomic mass is 19.4. The van der Waals surface area contributed by atoms with Gasteiger partial charge in [0.2, 0.25) is 0 Å². The van der Waals surface area contributed by atoms with Crippen molar-refractivity contribution in [2.75, 3.05) is 14.2 Å². The fourth-order valence-electron chi connectivity index (χ4n) is 0.705. The molecule has 4 nitrogen and oxygen atoms in total. The topological polar surface area (TPSA) is 46.6 Å². The van der Waals surface area contributed by atoms with Crippen LogP contribution >= 0.6 is 0 Å². The van der Waals surface area contributed by atoms with E-state index in [0.29, 0.717) is 0 Å². The monoisotopic (exact) mass is 213 g/mol. The number of esters is 1. The molecule has 14 heavy (non-hydrogen) atoms. The SMILES string of the molecule is COC(=O)[C@H](C)N(C)C(=O)C(F)(F)F. The van der Waals surface area contributed by atoms with Gasteiger partial charge in [0.1, 0.15) is 6.04 Å². The maximum atomic E-state index is 11.9. The lowest BCUT2D eigenvalue weighted by Crippen LogP contribution is -2.46. The molecule has 0 unspecified atom stereocenters. The Kier molecular flexibility index (Phi) is 3.91. The minimum absolute atomic E-state index is 0.284. The van der Waals surface area contributed by atoms with Crippen molar-refractivity contribution in [2.45, 2.75) is 19.1 Å². The zero-order chi connectivity index (χ0) is 11.5. The van der Waals surface area contributed by atoms with Gasteiger partial charge in [-0.2, -0.15) is 13.2 Å². The van der Waals surface area contributed by atoms with Gasteiger partial charge >= 0.3 is 18.1 Å². The standard InChI is InChI=1S/C7H10F3NO3/c1-4(5(12)14-3)11(2)6(13)7(8,9)10/h4H,1-3H3/t4-/m0/s1. The first-order valence-corrected chi connectivity index (χ1v) is 3.63. The van der Waals surface area contributed by atoms with Gasteiger partial charge in [-0.15, -0.1) is 0 Å². The van der Waals surface area contributed by atoms with Crippen LogP contribution in [0.3, 0.4) is 0 Å². The van der Waals surface area contributed by atoms with Crippen LogP contribution in [0, 0.1) is 0 Å². The van der Waals surface area contributed by atoms with Crippen molar-refractivity contribution >= 4 is 11.9 Å². The summed E-state index contributed by atoms with van der Waals surface area (Å²) in [5.41, 5.74) is 0. The van der Waals surface area contributed by atoms with Crippen LogP contribution in [0.4, 0.5) is 13.2 Å². The van der Waals surface area contributed by atoms with Crippen LogP contribution < -0.4 is 0 Å². The number of amides is 1. The number of rotatable bonds is 2. The average Bonchev–Trinajstić information content (AvgIpc) is 2.11. The van der Waals surface area contributed by atoms with E-state index in [9.17, 15) is 22.8 Å². The van der Waals surface area contributed by atoms with Gasteiger partial charge < -0.3 is 9.64 Å². The van der Waals surface area contributed by atoms with Crippen LogP contribution in [0.2, 0.25) is 0 Å². The number of halogens is 3. The summed E-state index contributed by atoms with van der Waals surface area (Å²) in [6.07, 6.45) is -4.98.